The lowest BCUT2D eigenvalue weighted by Crippen LogP contribution is -2.27. The molecule has 0 bridgehead atoms. The zero-order valence-electron chi connectivity index (χ0n) is 16.9. The van der Waals surface area contributed by atoms with Gasteiger partial charge in [0.15, 0.2) is 0 Å². The Bertz CT molecular complexity index is 1120. The van der Waals surface area contributed by atoms with Crippen LogP contribution in [0.25, 0.3) is 11.0 Å². The largest absolute Gasteiger partial charge is 0.497 e. The van der Waals surface area contributed by atoms with Gasteiger partial charge < -0.3 is 14.4 Å². The fraction of sp³-hybridized carbons (Fsp3) is 0.318. The van der Waals surface area contributed by atoms with Crippen LogP contribution in [0.2, 0.25) is 0 Å². The fourth-order valence-electron chi connectivity index (χ4n) is 3.75. The highest BCUT2D eigenvalue weighted by atomic mass is 16.5. The first-order chi connectivity index (χ1) is 13.9. The molecule has 1 atom stereocenters. The molecular weight excluding hydrogens is 370 g/mol. The van der Waals surface area contributed by atoms with Crippen molar-refractivity contribution in [2.75, 3.05) is 25.7 Å². The number of imidazole rings is 1. The van der Waals surface area contributed by atoms with Crippen molar-refractivity contribution in [2.45, 2.75) is 20.3 Å². The van der Waals surface area contributed by atoms with Crippen LogP contribution in [0.3, 0.4) is 0 Å². The van der Waals surface area contributed by atoms with E-state index < -0.39 is 5.92 Å². The number of amides is 1. The SMILES string of the molecule is COc1ccc(OC)c(N2C[C@@H](C(=O)n3cnc4cc(C)c(C)cc43)CC2=O)c1. The lowest BCUT2D eigenvalue weighted by Gasteiger charge is -2.20. The zero-order valence-corrected chi connectivity index (χ0v) is 16.9. The Labute approximate surface area is 168 Å². The lowest BCUT2D eigenvalue weighted by molar-refractivity contribution is -0.117. The Kier molecular flexibility index (Phi) is 4.74. The molecule has 0 N–H and O–H groups in total. The van der Waals surface area contributed by atoms with Gasteiger partial charge in [-0.05, 0) is 49.2 Å². The van der Waals surface area contributed by atoms with Crippen LogP contribution < -0.4 is 14.4 Å². The van der Waals surface area contributed by atoms with Gasteiger partial charge in [-0.25, -0.2) is 4.98 Å². The highest BCUT2D eigenvalue weighted by Gasteiger charge is 2.37. The van der Waals surface area contributed by atoms with Crippen LogP contribution in [0.4, 0.5) is 5.69 Å². The molecule has 0 aliphatic carbocycles. The van der Waals surface area contributed by atoms with Crippen LogP contribution in [0, 0.1) is 19.8 Å². The second-order valence-corrected chi connectivity index (χ2v) is 7.32. The Morgan fingerprint density at radius 3 is 2.59 bits per heavy atom. The molecule has 0 saturated carbocycles. The molecule has 7 nitrogen and oxygen atoms in total. The Hall–Kier alpha value is -3.35. The van der Waals surface area contributed by atoms with Crippen molar-refractivity contribution in [2.24, 2.45) is 5.92 Å². The molecule has 1 fully saturated rings. The van der Waals surface area contributed by atoms with E-state index in [1.165, 1.54) is 0 Å². The fourth-order valence-corrected chi connectivity index (χ4v) is 3.75. The van der Waals surface area contributed by atoms with Gasteiger partial charge in [0.2, 0.25) is 11.8 Å². The van der Waals surface area contributed by atoms with Crippen molar-refractivity contribution in [3.05, 3.63) is 47.8 Å². The van der Waals surface area contributed by atoms with E-state index >= 15 is 0 Å². The third kappa shape index (κ3) is 3.22. The van der Waals surface area contributed by atoms with Gasteiger partial charge in [0.1, 0.15) is 17.8 Å². The maximum atomic E-state index is 13.2. The number of nitrogens with zero attached hydrogens (tertiary/aromatic N) is 3. The summed E-state index contributed by atoms with van der Waals surface area (Å²) < 4.78 is 12.2. The number of fused-ring (bicyclic) bond motifs is 1. The summed E-state index contributed by atoms with van der Waals surface area (Å²) in [7, 11) is 3.12. The number of rotatable bonds is 4. The molecule has 1 aliphatic rings. The minimum atomic E-state index is -0.461. The molecule has 1 saturated heterocycles. The number of hydrogen-bond donors (Lipinski definition) is 0. The summed E-state index contributed by atoms with van der Waals surface area (Å²) in [5.41, 5.74) is 4.37. The molecule has 0 unspecified atom stereocenters. The first-order valence-corrected chi connectivity index (χ1v) is 9.44. The summed E-state index contributed by atoms with van der Waals surface area (Å²) >= 11 is 0. The number of aryl methyl sites for hydroxylation is 2. The van der Waals surface area contributed by atoms with Crippen LogP contribution in [0.1, 0.15) is 22.3 Å². The van der Waals surface area contributed by atoms with Crippen LogP contribution in [0.15, 0.2) is 36.7 Å². The summed E-state index contributed by atoms with van der Waals surface area (Å²) in [5.74, 6) is 0.471. The molecule has 2 aromatic carbocycles. The van der Waals surface area contributed by atoms with E-state index in [4.69, 9.17) is 9.47 Å². The van der Waals surface area contributed by atoms with E-state index in [1.54, 1.807) is 48.2 Å². The van der Waals surface area contributed by atoms with E-state index in [2.05, 4.69) is 4.98 Å². The highest BCUT2D eigenvalue weighted by Crippen LogP contribution is 2.36. The van der Waals surface area contributed by atoms with Gasteiger partial charge in [-0.15, -0.1) is 0 Å². The van der Waals surface area contributed by atoms with Gasteiger partial charge in [0, 0.05) is 19.0 Å². The average Bonchev–Trinajstić information content (AvgIpc) is 3.30. The monoisotopic (exact) mass is 393 g/mol. The maximum Gasteiger partial charge on any atom is 0.237 e. The molecule has 29 heavy (non-hydrogen) atoms. The molecule has 1 aromatic heterocycles. The number of carbonyl (C=O) groups excluding carboxylic acids is 2. The number of anilines is 1. The highest BCUT2D eigenvalue weighted by molar-refractivity contribution is 6.03. The second kappa shape index (κ2) is 7.24. The van der Waals surface area contributed by atoms with Gasteiger partial charge in [0.05, 0.1) is 36.9 Å². The van der Waals surface area contributed by atoms with Crippen molar-refractivity contribution >= 4 is 28.5 Å². The van der Waals surface area contributed by atoms with Gasteiger partial charge in [-0.3, -0.25) is 14.2 Å². The van der Waals surface area contributed by atoms with Crippen molar-refractivity contribution in [1.29, 1.82) is 0 Å². The molecule has 3 aromatic rings. The lowest BCUT2D eigenvalue weighted by atomic mass is 10.1. The maximum absolute atomic E-state index is 13.2. The first-order valence-electron chi connectivity index (χ1n) is 9.44. The van der Waals surface area contributed by atoms with Crippen LogP contribution in [0.5, 0.6) is 11.5 Å². The van der Waals surface area contributed by atoms with Crippen molar-refractivity contribution in [3.8, 4) is 11.5 Å². The number of aromatic nitrogens is 2. The van der Waals surface area contributed by atoms with Crippen LogP contribution in [-0.4, -0.2) is 42.1 Å². The summed E-state index contributed by atoms with van der Waals surface area (Å²) in [6.45, 7) is 4.31. The molecule has 0 radical (unpaired) electrons. The number of benzene rings is 2. The molecule has 7 heteroatoms. The van der Waals surface area contributed by atoms with Gasteiger partial charge in [-0.1, -0.05) is 0 Å². The summed E-state index contributed by atoms with van der Waals surface area (Å²) in [4.78, 5) is 31.9. The molecule has 0 spiro atoms. The third-order valence-electron chi connectivity index (χ3n) is 5.55. The van der Waals surface area contributed by atoms with Crippen LogP contribution in [-0.2, 0) is 4.79 Å². The Morgan fingerprint density at radius 2 is 1.86 bits per heavy atom. The van der Waals surface area contributed by atoms with E-state index in [-0.39, 0.29) is 24.8 Å². The molecule has 2 heterocycles. The molecule has 4 rings (SSSR count). The topological polar surface area (TPSA) is 73.7 Å². The van der Waals surface area contributed by atoms with Crippen molar-refractivity contribution in [1.82, 2.24) is 9.55 Å². The Morgan fingerprint density at radius 1 is 1.10 bits per heavy atom. The van der Waals surface area contributed by atoms with Crippen molar-refractivity contribution < 1.29 is 19.1 Å². The smallest absolute Gasteiger partial charge is 0.237 e. The van der Waals surface area contributed by atoms with Gasteiger partial charge in [0.25, 0.3) is 0 Å². The Balaban J connectivity index is 1.65. The van der Waals surface area contributed by atoms with E-state index in [0.717, 1.165) is 22.2 Å². The van der Waals surface area contributed by atoms with Gasteiger partial charge in [-0.2, -0.15) is 0 Å². The minimum Gasteiger partial charge on any atom is -0.497 e. The normalized spacial score (nSPS) is 16.5. The molecule has 1 aliphatic heterocycles. The standard InChI is InChI=1S/C22H23N3O4/c1-13-7-17-18(8-14(13)2)25(12-23-17)22(27)15-9-21(26)24(11-15)19-10-16(28-3)5-6-20(19)29-4/h5-8,10,12,15H,9,11H2,1-4H3/t15-/m0/s1. The van der Waals surface area contributed by atoms with Gasteiger partial charge >= 0.3 is 0 Å². The quantitative estimate of drug-likeness (QED) is 0.680. The van der Waals surface area contributed by atoms with Crippen molar-refractivity contribution in [3.63, 3.8) is 0 Å². The van der Waals surface area contributed by atoms with E-state index in [9.17, 15) is 9.59 Å². The predicted octanol–water partition coefficient (Wildman–Crippen LogP) is 3.36. The summed E-state index contributed by atoms with van der Waals surface area (Å²) in [5, 5.41) is 0. The molecule has 1 amide bonds. The number of ether oxygens (including phenoxy) is 2. The summed E-state index contributed by atoms with van der Waals surface area (Å²) in [6, 6.07) is 9.22. The van der Waals surface area contributed by atoms with Crippen LogP contribution >= 0.6 is 0 Å². The molecular formula is C22H23N3O4. The third-order valence-corrected chi connectivity index (χ3v) is 5.55. The number of methoxy groups -OCH3 is 2. The van der Waals surface area contributed by atoms with E-state index in [0.29, 0.717) is 17.2 Å². The molecule has 150 valence electrons. The number of hydrogen-bond acceptors (Lipinski definition) is 5. The first kappa shape index (κ1) is 19.0. The van der Waals surface area contributed by atoms with E-state index in [1.807, 2.05) is 26.0 Å². The zero-order chi connectivity index (χ0) is 20.7. The number of carbonyl (C=O) groups is 2. The minimum absolute atomic E-state index is 0.119. The average molecular weight is 393 g/mol. The second-order valence-electron chi connectivity index (χ2n) is 7.32. The summed E-state index contributed by atoms with van der Waals surface area (Å²) in [6.07, 6.45) is 1.69. The predicted molar refractivity (Wildman–Crippen MR) is 110 cm³/mol.